The molecule has 0 aliphatic rings. The van der Waals surface area contributed by atoms with E-state index in [0.29, 0.717) is 6.04 Å². The van der Waals surface area contributed by atoms with E-state index in [-0.39, 0.29) is 6.61 Å². The number of hydrogen-bond acceptors (Lipinski definition) is 3. The van der Waals surface area contributed by atoms with Crippen LogP contribution in [0.1, 0.15) is 38.3 Å². The van der Waals surface area contributed by atoms with Crippen molar-refractivity contribution in [2.45, 2.75) is 37.6 Å². The zero-order valence-electron chi connectivity index (χ0n) is 10.8. The van der Waals surface area contributed by atoms with Crippen LogP contribution in [0.15, 0.2) is 29.2 Å². The smallest absolute Gasteiger partial charge is 0.0525 e. The zero-order chi connectivity index (χ0) is 12.5. The Morgan fingerprint density at radius 1 is 1.24 bits per heavy atom. The predicted octanol–water partition coefficient (Wildman–Crippen LogP) is 3.22. The predicted molar refractivity (Wildman–Crippen MR) is 75.6 cm³/mol. The van der Waals surface area contributed by atoms with Gasteiger partial charge in [0.25, 0.3) is 0 Å². The van der Waals surface area contributed by atoms with E-state index in [9.17, 15) is 0 Å². The summed E-state index contributed by atoms with van der Waals surface area (Å²) in [6.07, 6.45) is 2.28. The average Bonchev–Trinajstić information content (AvgIpc) is 2.38. The standard InChI is InChI=1S/C14H23NOS/c1-3-9-15-14(4-2)12-5-7-13(8-6-12)17-11-10-16/h5-8,14-16H,3-4,9-11H2,1-2H3. The first-order chi connectivity index (χ1) is 8.31. The molecule has 2 N–H and O–H groups in total. The molecule has 0 aromatic heterocycles. The van der Waals surface area contributed by atoms with Crippen molar-refractivity contribution in [3.05, 3.63) is 29.8 Å². The Labute approximate surface area is 109 Å². The molecule has 0 bridgehead atoms. The first-order valence-corrected chi connectivity index (χ1v) is 7.37. The molecule has 0 radical (unpaired) electrons. The highest BCUT2D eigenvalue weighted by Crippen LogP contribution is 2.22. The Bertz CT molecular complexity index is 300. The fraction of sp³-hybridized carbons (Fsp3) is 0.571. The Morgan fingerprint density at radius 2 is 1.94 bits per heavy atom. The molecule has 1 atom stereocenters. The van der Waals surface area contributed by atoms with E-state index in [1.54, 1.807) is 11.8 Å². The topological polar surface area (TPSA) is 32.3 Å². The van der Waals surface area contributed by atoms with Crippen LogP contribution in [0.2, 0.25) is 0 Å². The number of aliphatic hydroxyl groups excluding tert-OH is 1. The van der Waals surface area contributed by atoms with E-state index in [2.05, 4.69) is 43.4 Å². The van der Waals surface area contributed by atoms with E-state index < -0.39 is 0 Å². The van der Waals surface area contributed by atoms with Gasteiger partial charge in [-0.2, -0.15) is 0 Å². The van der Waals surface area contributed by atoms with Crippen LogP contribution >= 0.6 is 11.8 Å². The number of hydrogen-bond donors (Lipinski definition) is 2. The van der Waals surface area contributed by atoms with Gasteiger partial charge in [-0.1, -0.05) is 26.0 Å². The van der Waals surface area contributed by atoms with Gasteiger partial charge in [0, 0.05) is 16.7 Å². The molecule has 0 heterocycles. The minimum atomic E-state index is 0.238. The van der Waals surface area contributed by atoms with Crippen LogP contribution in [0.3, 0.4) is 0 Å². The van der Waals surface area contributed by atoms with Crippen molar-refractivity contribution in [3.8, 4) is 0 Å². The minimum absolute atomic E-state index is 0.238. The maximum atomic E-state index is 8.77. The first kappa shape index (κ1) is 14.6. The third kappa shape index (κ3) is 5.11. The molecular formula is C14H23NOS. The number of thioether (sulfide) groups is 1. The van der Waals surface area contributed by atoms with Crippen LogP contribution < -0.4 is 5.32 Å². The quantitative estimate of drug-likeness (QED) is 0.698. The molecule has 0 aliphatic carbocycles. The second-order valence-corrected chi connectivity index (χ2v) is 5.22. The molecule has 0 amide bonds. The highest BCUT2D eigenvalue weighted by molar-refractivity contribution is 7.99. The van der Waals surface area contributed by atoms with E-state index >= 15 is 0 Å². The summed E-state index contributed by atoms with van der Waals surface area (Å²) < 4.78 is 0. The van der Waals surface area contributed by atoms with Crippen molar-refractivity contribution in [1.29, 1.82) is 0 Å². The highest BCUT2D eigenvalue weighted by Gasteiger charge is 2.07. The lowest BCUT2D eigenvalue weighted by atomic mass is 10.0. The number of rotatable bonds is 8. The fourth-order valence-corrected chi connectivity index (χ4v) is 2.43. The average molecular weight is 253 g/mol. The fourth-order valence-electron chi connectivity index (χ4n) is 1.78. The lowest BCUT2D eigenvalue weighted by Crippen LogP contribution is -2.21. The molecule has 0 spiro atoms. The van der Waals surface area contributed by atoms with Crippen molar-refractivity contribution in [2.75, 3.05) is 18.9 Å². The van der Waals surface area contributed by atoms with E-state index in [1.165, 1.54) is 16.9 Å². The molecule has 0 fully saturated rings. The summed E-state index contributed by atoms with van der Waals surface area (Å²) in [5.74, 6) is 0.768. The molecule has 1 aromatic carbocycles. The van der Waals surface area contributed by atoms with Crippen LogP contribution in [0, 0.1) is 0 Å². The number of aliphatic hydroxyl groups is 1. The normalized spacial score (nSPS) is 12.6. The van der Waals surface area contributed by atoms with Crippen LogP contribution in [0.5, 0.6) is 0 Å². The highest BCUT2D eigenvalue weighted by atomic mass is 32.2. The maximum Gasteiger partial charge on any atom is 0.0525 e. The van der Waals surface area contributed by atoms with Gasteiger partial charge in [0.15, 0.2) is 0 Å². The van der Waals surface area contributed by atoms with Crippen molar-refractivity contribution in [3.63, 3.8) is 0 Å². The lowest BCUT2D eigenvalue weighted by molar-refractivity contribution is 0.322. The van der Waals surface area contributed by atoms with Crippen LogP contribution in [-0.2, 0) is 0 Å². The second kappa shape index (κ2) is 8.56. The van der Waals surface area contributed by atoms with Crippen LogP contribution in [-0.4, -0.2) is 24.0 Å². The second-order valence-electron chi connectivity index (χ2n) is 4.06. The number of benzene rings is 1. The van der Waals surface area contributed by atoms with Crippen molar-refractivity contribution in [1.82, 2.24) is 5.32 Å². The maximum absolute atomic E-state index is 8.77. The molecule has 0 saturated heterocycles. The summed E-state index contributed by atoms with van der Waals surface area (Å²) in [6.45, 7) is 5.71. The Balaban J connectivity index is 2.57. The van der Waals surface area contributed by atoms with E-state index in [0.717, 1.165) is 18.7 Å². The van der Waals surface area contributed by atoms with Gasteiger partial charge in [0.1, 0.15) is 0 Å². The Hall–Kier alpha value is -0.510. The van der Waals surface area contributed by atoms with E-state index in [4.69, 9.17) is 5.11 Å². The third-order valence-electron chi connectivity index (χ3n) is 2.69. The molecule has 2 nitrogen and oxygen atoms in total. The van der Waals surface area contributed by atoms with Gasteiger partial charge < -0.3 is 10.4 Å². The van der Waals surface area contributed by atoms with Gasteiger partial charge in [-0.15, -0.1) is 11.8 Å². The molecule has 0 saturated carbocycles. The summed E-state index contributed by atoms with van der Waals surface area (Å²) in [5.41, 5.74) is 1.36. The van der Waals surface area contributed by atoms with Crippen molar-refractivity contribution in [2.24, 2.45) is 0 Å². The van der Waals surface area contributed by atoms with Gasteiger partial charge in [-0.3, -0.25) is 0 Å². The summed E-state index contributed by atoms with van der Waals surface area (Å²) in [5, 5.41) is 12.3. The van der Waals surface area contributed by atoms with Crippen molar-refractivity contribution < 1.29 is 5.11 Å². The Morgan fingerprint density at radius 3 is 2.47 bits per heavy atom. The monoisotopic (exact) mass is 253 g/mol. The first-order valence-electron chi connectivity index (χ1n) is 6.38. The Kier molecular flexibility index (Phi) is 7.33. The minimum Gasteiger partial charge on any atom is -0.396 e. The molecule has 17 heavy (non-hydrogen) atoms. The van der Waals surface area contributed by atoms with Gasteiger partial charge in [-0.05, 0) is 37.1 Å². The molecule has 1 aromatic rings. The summed E-state index contributed by atoms with van der Waals surface area (Å²) in [4.78, 5) is 1.23. The lowest BCUT2D eigenvalue weighted by Gasteiger charge is -2.17. The molecule has 1 rings (SSSR count). The summed E-state index contributed by atoms with van der Waals surface area (Å²) in [7, 11) is 0. The van der Waals surface area contributed by atoms with Crippen molar-refractivity contribution >= 4 is 11.8 Å². The molecule has 0 aliphatic heterocycles. The largest absolute Gasteiger partial charge is 0.396 e. The van der Waals surface area contributed by atoms with Crippen LogP contribution in [0.4, 0.5) is 0 Å². The van der Waals surface area contributed by atoms with Gasteiger partial charge in [0.05, 0.1) is 6.61 Å². The summed E-state index contributed by atoms with van der Waals surface area (Å²) in [6, 6.07) is 9.14. The summed E-state index contributed by atoms with van der Waals surface area (Å²) >= 11 is 1.70. The van der Waals surface area contributed by atoms with Crippen LogP contribution in [0.25, 0.3) is 0 Å². The van der Waals surface area contributed by atoms with Gasteiger partial charge in [-0.25, -0.2) is 0 Å². The van der Waals surface area contributed by atoms with Gasteiger partial charge >= 0.3 is 0 Å². The SMILES string of the molecule is CCCNC(CC)c1ccc(SCCO)cc1. The van der Waals surface area contributed by atoms with Gasteiger partial charge in [0.2, 0.25) is 0 Å². The molecule has 96 valence electrons. The van der Waals surface area contributed by atoms with E-state index in [1.807, 2.05) is 0 Å². The number of nitrogens with one attached hydrogen (secondary N) is 1. The molecular weight excluding hydrogens is 230 g/mol. The molecule has 1 unspecified atom stereocenters. The third-order valence-corrected chi connectivity index (χ3v) is 3.68. The zero-order valence-corrected chi connectivity index (χ0v) is 11.6. The molecule has 3 heteroatoms.